The minimum Gasteiger partial charge on any atom is -0.449 e. The normalized spacial score (nSPS) is 11.7. The molecule has 4 nitrogen and oxygen atoms in total. The minimum atomic E-state index is -1.08. The van der Waals surface area contributed by atoms with E-state index in [9.17, 15) is 14.0 Å². The third-order valence-electron chi connectivity index (χ3n) is 3.46. The third-order valence-corrected chi connectivity index (χ3v) is 3.69. The molecule has 0 aromatic heterocycles. The second-order valence-corrected chi connectivity index (χ2v) is 5.92. The van der Waals surface area contributed by atoms with Crippen molar-refractivity contribution in [3.63, 3.8) is 0 Å². The first-order chi connectivity index (χ1) is 11.3. The van der Waals surface area contributed by atoms with Crippen molar-refractivity contribution < 1.29 is 18.7 Å². The Kier molecular flexibility index (Phi) is 5.57. The Labute approximate surface area is 144 Å². The van der Waals surface area contributed by atoms with Crippen LogP contribution >= 0.6 is 11.6 Å². The van der Waals surface area contributed by atoms with Crippen LogP contribution in [-0.4, -0.2) is 18.0 Å². The van der Waals surface area contributed by atoms with E-state index in [0.29, 0.717) is 5.69 Å². The second kappa shape index (κ2) is 7.45. The van der Waals surface area contributed by atoms with Gasteiger partial charge in [0.1, 0.15) is 5.82 Å². The Bertz CT molecular complexity index is 792. The van der Waals surface area contributed by atoms with Gasteiger partial charge in [-0.3, -0.25) is 4.79 Å². The van der Waals surface area contributed by atoms with Gasteiger partial charge < -0.3 is 10.1 Å². The summed E-state index contributed by atoms with van der Waals surface area (Å²) in [6.07, 6.45) is -1.08. The van der Waals surface area contributed by atoms with Gasteiger partial charge in [-0.2, -0.15) is 0 Å². The van der Waals surface area contributed by atoms with Crippen LogP contribution in [0, 0.1) is 19.7 Å². The molecule has 0 heterocycles. The first-order valence-electron chi connectivity index (χ1n) is 7.32. The lowest BCUT2D eigenvalue weighted by molar-refractivity contribution is -0.123. The number of carbonyl (C=O) groups excluding carboxylic acids is 2. The molecule has 2 aromatic carbocycles. The van der Waals surface area contributed by atoms with Crippen LogP contribution in [0.15, 0.2) is 36.4 Å². The van der Waals surface area contributed by atoms with E-state index in [2.05, 4.69) is 5.32 Å². The van der Waals surface area contributed by atoms with Crippen LogP contribution < -0.4 is 5.32 Å². The largest absolute Gasteiger partial charge is 0.449 e. The first-order valence-corrected chi connectivity index (χ1v) is 7.70. The Balaban J connectivity index is 2.05. The van der Waals surface area contributed by atoms with Crippen molar-refractivity contribution in [1.29, 1.82) is 0 Å². The van der Waals surface area contributed by atoms with Gasteiger partial charge in [0.25, 0.3) is 5.91 Å². The molecule has 24 heavy (non-hydrogen) atoms. The summed E-state index contributed by atoms with van der Waals surface area (Å²) in [6, 6.07) is 9.24. The molecular weight excluding hydrogens is 333 g/mol. The van der Waals surface area contributed by atoms with E-state index in [4.69, 9.17) is 16.3 Å². The second-order valence-electron chi connectivity index (χ2n) is 5.48. The van der Waals surface area contributed by atoms with Gasteiger partial charge in [0.05, 0.1) is 5.56 Å². The van der Waals surface area contributed by atoms with Gasteiger partial charge in [-0.25, -0.2) is 9.18 Å². The van der Waals surface area contributed by atoms with E-state index in [-0.39, 0.29) is 10.6 Å². The lowest BCUT2D eigenvalue weighted by atomic mass is 10.1. The van der Waals surface area contributed by atoms with E-state index in [1.807, 2.05) is 32.0 Å². The van der Waals surface area contributed by atoms with Crippen molar-refractivity contribution in [3.8, 4) is 0 Å². The summed E-state index contributed by atoms with van der Waals surface area (Å²) < 4.78 is 18.7. The molecule has 6 heteroatoms. The monoisotopic (exact) mass is 349 g/mol. The fourth-order valence-electron chi connectivity index (χ4n) is 2.04. The molecule has 1 N–H and O–H groups in total. The van der Waals surface area contributed by atoms with Gasteiger partial charge in [0.15, 0.2) is 6.10 Å². The molecule has 0 aliphatic heterocycles. The number of amides is 1. The molecule has 0 unspecified atom stereocenters. The zero-order valence-electron chi connectivity index (χ0n) is 13.5. The highest BCUT2D eigenvalue weighted by molar-refractivity contribution is 6.30. The van der Waals surface area contributed by atoms with E-state index in [1.54, 1.807) is 0 Å². The van der Waals surface area contributed by atoms with Gasteiger partial charge in [-0.05, 0) is 56.2 Å². The van der Waals surface area contributed by atoms with Gasteiger partial charge in [-0.1, -0.05) is 23.7 Å². The molecule has 0 saturated heterocycles. The maximum absolute atomic E-state index is 13.7. The molecule has 0 aliphatic carbocycles. The number of rotatable bonds is 4. The number of ether oxygens (including phenoxy) is 1. The SMILES string of the molecule is Cc1ccc(C)c(NC(=O)[C@H](C)OC(=O)c2ccc(Cl)cc2F)c1. The van der Waals surface area contributed by atoms with Crippen LogP contribution in [0.4, 0.5) is 10.1 Å². The van der Waals surface area contributed by atoms with Gasteiger partial charge in [-0.15, -0.1) is 0 Å². The number of benzene rings is 2. The van der Waals surface area contributed by atoms with E-state index in [1.165, 1.54) is 19.1 Å². The number of aryl methyl sites for hydroxylation is 2. The van der Waals surface area contributed by atoms with E-state index < -0.39 is 23.8 Å². The maximum Gasteiger partial charge on any atom is 0.341 e. The average molecular weight is 350 g/mol. The number of hydrogen-bond donors (Lipinski definition) is 1. The van der Waals surface area contributed by atoms with Crippen molar-refractivity contribution in [3.05, 3.63) is 63.9 Å². The lowest BCUT2D eigenvalue weighted by Gasteiger charge is -2.15. The molecule has 0 radical (unpaired) electrons. The number of carbonyl (C=O) groups is 2. The molecule has 1 atom stereocenters. The molecule has 0 aliphatic rings. The van der Waals surface area contributed by atoms with Crippen LogP contribution in [-0.2, 0) is 9.53 Å². The summed E-state index contributed by atoms with van der Waals surface area (Å²) in [6.45, 7) is 5.18. The highest BCUT2D eigenvalue weighted by Crippen LogP contribution is 2.18. The Morgan fingerprint density at radius 1 is 1.17 bits per heavy atom. The standard InChI is InChI=1S/C18H17ClFNO3/c1-10-4-5-11(2)16(8-10)21-17(22)12(3)24-18(23)14-7-6-13(19)9-15(14)20/h4-9,12H,1-3H3,(H,21,22)/t12-/m0/s1. The fraction of sp³-hybridized carbons (Fsp3) is 0.222. The quantitative estimate of drug-likeness (QED) is 0.838. The fourth-order valence-corrected chi connectivity index (χ4v) is 2.20. The van der Waals surface area contributed by atoms with Crippen LogP contribution in [0.1, 0.15) is 28.4 Å². The molecule has 0 spiro atoms. The summed E-state index contributed by atoms with van der Waals surface area (Å²) in [7, 11) is 0. The van der Waals surface area contributed by atoms with Crippen LogP contribution in [0.5, 0.6) is 0 Å². The Morgan fingerprint density at radius 2 is 1.88 bits per heavy atom. The molecule has 0 fully saturated rings. The molecule has 2 aromatic rings. The van der Waals surface area contributed by atoms with Gasteiger partial charge in [0.2, 0.25) is 0 Å². The smallest absolute Gasteiger partial charge is 0.341 e. The number of esters is 1. The van der Waals surface area contributed by atoms with E-state index in [0.717, 1.165) is 17.2 Å². The zero-order chi connectivity index (χ0) is 17.9. The molecule has 2 rings (SSSR count). The van der Waals surface area contributed by atoms with Gasteiger partial charge in [0, 0.05) is 10.7 Å². The summed E-state index contributed by atoms with van der Waals surface area (Å²) in [5.41, 5.74) is 2.24. The predicted molar refractivity (Wildman–Crippen MR) is 90.8 cm³/mol. The van der Waals surface area contributed by atoms with Crippen molar-refractivity contribution in [2.24, 2.45) is 0 Å². The minimum absolute atomic E-state index is 0.171. The van der Waals surface area contributed by atoms with Crippen molar-refractivity contribution in [2.45, 2.75) is 26.9 Å². The summed E-state index contributed by atoms with van der Waals surface area (Å²) in [5, 5.41) is 2.87. The number of halogens is 2. The summed E-state index contributed by atoms with van der Waals surface area (Å²) in [4.78, 5) is 24.2. The van der Waals surface area contributed by atoms with Crippen LogP contribution in [0.2, 0.25) is 5.02 Å². The molecule has 0 bridgehead atoms. The summed E-state index contributed by atoms with van der Waals surface area (Å²) >= 11 is 5.64. The Morgan fingerprint density at radius 3 is 2.54 bits per heavy atom. The third kappa shape index (κ3) is 4.32. The molecule has 1 amide bonds. The topological polar surface area (TPSA) is 55.4 Å². The number of hydrogen-bond acceptors (Lipinski definition) is 3. The predicted octanol–water partition coefficient (Wildman–Crippen LogP) is 4.28. The molecular formula is C18H17ClFNO3. The molecule has 0 saturated carbocycles. The highest BCUT2D eigenvalue weighted by atomic mass is 35.5. The molecule has 126 valence electrons. The summed E-state index contributed by atoms with van der Waals surface area (Å²) in [5.74, 6) is -2.21. The number of nitrogens with one attached hydrogen (secondary N) is 1. The van der Waals surface area contributed by atoms with E-state index >= 15 is 0 Å². The first kappa shape index (κ1) is 17.9. The maximum atomic E-state index is 13.7. The zero-order valence-corrected chi connectivity index (χ0v) is 14.3. The van der Waals surface area contributed by atoms with Crippen LogP contribution in [0.3, 0.4) is 0 Å². The van der Waals surface area contributed by atoms with Crippen molar-refractivity contribution >= 4 is 29.2 Å². The average Bonchev–Trinajstić information content (AvgIpc) is 2.50. The van der Waals surface area contributed by atoms with Crippen molar-refractivity contribution in [1.82, 2.24) is 0 Å². The van der Waals surface area contributed by atoms with Crippen LogP contribution in [0.25, 0.3) is 0 Å². The number of anilines is 1. The lowest BCUT2D eigenvalue weighted by Crippen LogP contribution is -2.30. The Hall–Kier alpha value is -2.40. The highest BCUT2D eigenvalue weighted by Gasteiger charge is 2.21. The van der Waals surface area contributed by atoms with Gasteiger partial charge >= 0.3 is 5.97 Å². The van der Waals surface area contributed by atoms with Crippen molar-refractivity contribution in [2.75, 3.05) is 5.32 Å².